The standard InChI is InChI=1S/C16H20N2O2/c1-3-13-10-20-11(2)9-18(13)16(19)14-6-4-5-12-7-8-17-15(12)14/h4-8,11,13,17H,3,9-10H2,1-2H3. The van der Waals surface area contributed by atoms with Crippen molar-refractivity contribution in [2.75, 3.05) is 13.2 Å². The van der Waals surface area contributed by atoms with Gasteiger partial charge in [-0.15, -0.1) is 0 Å². The Labute approximate surface area is 118 Å². The summed E-state index contributed by atoms with van der Waals surface area (Å²) in [6.45, 7) is 5.40. The van der Waals surface area contributed by atoms with E-state index in [4.69, 9.17) is 4.74 Å². The number of nitrogens with zero attached hydrogens (tertiary/aromatic N) is 1. The third-order valence-electron chi connectivity index (χ3n) is 4.02. The molecule has 20 heavy (non-hydrogen) atoms. The van der Waals surface area contributed by atoms with Crippen molar-refractivity contribution in [3.8, 4) is 0 Å². The van der Waals surface area contributed by atoms with Crippen LogP contribution in [0.25, 0.3) is 10.9 Å². The van der Waals surface area contributed by atoms with Gasteiger partial charge < -0.3 is 14.6 Å². The maximum Gasteiger partial charge on any atom is 0.256 e. The van der Waals surface area contributed by atoms with Gasteiger partial charge in [-0.2, -0.15) is 0 Å². The van der Waals surface area contributed by atoms with E-state index < -0.39 is 0 Å². The van der Waals surface area contributed by atoms with Crippen LogP contribution in [0.5, 0.6) is 0 Å². The molecular weight excluding hydrogens is 252 g/mol. The van der Waals surface area contributed by atoms with Gasteiger partial charge in [0.05, 0.1) is 29.8 Å². The van der Waals surface area contributed by atoms with Crippen LogP contribution in [-0.2, 0) is 4.74 Å². The maximum atomic E-state index is 12.9. The summed E-state index contributed by atoms with van der Waals surface area (Å²) in [5.41, 5.74) is 1.67. The topological polar surface area (TPSA) is 45.3 Å². The SMILES string of the molecule is CCC1COC(C)CN1C(=O)c1cccc2cc[nH]c12. The molecule has 1 amide bonds. The van der Waals surface area contributed by atoms with Gasteiger partial charge in [-0.1, -0.05) is 19.1 Å². The molecule has 2 heterocycles. The molecule has 0 aliphatic carbocycles. The first-order valence-electron chi connectivity index (χ1n) is 7.19. The average Bonchev–Trinajstić information content (AvgIpc) is 2.94. The van der Waals surface area contributed by atoms with Crippen LogP contribution in [0.4, 0.5) is 0 Å². The lowest BCUT2D eigenvalue weighted by Crippen LogP contribution is -2.51. The van der Waals surface area contributed by atoms with Crippen LogP contribution in [0.15, 0.2) is 30.5 Å². The van der Waals surface area contributed by atoms with E-state index in [0.717, 1.165) is 22.9 Å². The highest BCUT2D eigenvalue weighted by atomic mass is 16.5. The predicted molar refractivity (Wildman–Crippen MR) is 78.8 cm³/mol. The van der Waals surface area contributed by atoms with Crippen molar-refractivity contribution in [3.05, 3.63) is 36.0 Å². The zero-order valence-electron chi connectivity index (χ0n) is 11.9. The molecule has 1 N–H and O–H groups in total. The lowest BCUT2D eigenvalue weighted by molar-refractivity contribution is -0.0443. The second kappa shape index (κ2) is 5.29. The van der Waals surface area contributed by atoms with Crippen molar-refractivity contribution < 1.29 is 9.53 Å². The normalized spacial score (nSPS) is 23.2. The number of hydrogen-bond donors (Lipinski definition) is 1. The number of para-hydroxylation sites is 1. The van der Waals surface area contributed by atoms with E-state index in [-0.39, 0.29) is 18.1 Å². The van der Waals surface area contributed by atoms with E-state index in [2.05, 4.69) is 11.9 Å². The van der Waals surface area contributed by atoms with Crippen LogP contribution >= 0.6 is 0 Å². The van der Waals surface area contributed by atoms with Gasteiger partial charge in [-0.05, 0) is 25.5 Å². The summed E-state index contributed by atoms with van der Waals surface area (Å²) in [7, 11) is 0. The number of morpholine rings is 1. The van der Waals surface area contributed by atoms with Crippen molar-refractivity contribution in [2.45, 2.75) is 32.4 Å². The molecule has 1 fully saturated rings. The quantitative estimate of drug-likeness (QED) is 0.913. The molecule has 4 nitrogen and oxygen atoms in total. The van der Waals surface area contributed by atoms with E-state index >= 15 is 0 Å². The Morgan fingerprint density at radius 2 is 2.30 bits per heavy atom. The molecule has 2 unspecified atom stereocenters. The van der Waals surface area contributed by atoms with Gasteiger partial charge in [0.1, 0.15) is 0 Å². The average molecular weight is 272 g/mol. The van der Waals surface area contributed by atoms with Crippen LogP contribution in [0.3, 0.4) is 0 Å². The summed E-state index contributed by atoms with van der Waals surface area (Å²) in [5.74, 6) is 0.0973. The number of amides is 1. The Morgan fingerprint density at radius 3 is 3.10 bits per heavy atom. The van der Waals surface area contributed by atoms with Gasteiger partial charge in [-0.3, -0.25) is 4.79 Å². The summed E-state index contributed by atoms with van der Waals surface area (Å²) >= 11 is 0. The van der Waals surface area contributed by atoms with Crippen molar-refractivity contribution in [2.24, 2.45) is 0 Å². The number of nitrogens with one attached hydrogen (secondary N) is 1. The highest BCUT2D eigenvalue weighted by molar-refractivity contribution is 6.05. The summed E-state index contributed by atoms with van der Waals surface area (Å²) in [6.07, 6.45) is 2.89. The van der Waals surface area contributed by atoms with E-state index in [1.807, 2.05) is 42.3 Å². The Balaban J connectivity index is 1.96. The third-order valence-corrected chi connectivity index (χ3v) is 4.02. The molecule has 1 saturated heterocycles. The van der Waals surface area contributed by atoms with Gasteiger partial charge in [0.25, 0.3) is 5.91 Å². The van der Waals surface area contributed by atoms with E-state index in [9.17, 15) is 4.79 Å². The maximum absolute atomic E-state index is 12.9. The number of ether oxygens (including phenoxy) is 1. The lowest BCUT2D eigenvalue weighted by Gasteiger charge is -2.38. The first-order chi connectivity index (χ1) is 9.70. The third kappa shape index (κ3) is 2.20. The van der Waals surface area contributed by atoms with Gasteiger partial charge in [0.15, 0.2) is 0 Å². The molecule has 0 spiro atoms. The second-order valence-corrected chi connectivity index (χ2v) is 5.41. The summed E-state index contributed by atoms with van der Waals surface area (Å²) < 4.78 is 5.67. The number of aromatic nitrogens is 1. The molecule has 1 aliphatic rings. The molecule has 1 aliphatic heterocycles. The highest BCUT2D eigenvalue weighted by Crippen LogP contribution is 2.22. The van der Waals surface area contributed by atoms with Crippen LogP contribution in [-0.4, -0.2) is 41.1 Å². The number of fused-ring (bicyclic) bond motifs is 1. The van der Waals surface area contributed by atoms with Gasteiger partial charge in [-0.25, -0.2) is 0 Å². The Bertz CT molecular complexity index is 620. The Hall–Kier alpha value is -1.81. The number of carbonyl (C=O) groups is 1. The first kappa shape index (κ1) is 13.2. The van der Waals surface area contributed by atoms with Crippen molar-refractivity contribution >= 4 is 16.8 Å². The van der Waals surface area contributed by atoms with Crippen LogP contribution < -0.4 is 0 Å². The van der Waals surface area contributed by atoms with Crippen LogP contribution in [0.1, 0.15) is 30.6 Å². The molecule has 1 aromatic carbocycles. The molecule has 0 bridgehead atoms. The van der Waals surface area contributed by atoms with Gasteiger partial charge in [0, 0.05) is 18.1 Å². The molecule has 0 radical (unpaired) electrons. The van der Waals surface area contributed by atoms with Crippen molar-refractivity contribution in [1.82, 2.24) is 9.88 Å². The zero-order chi connectivity index (χ0) is 14.1. The summed E-state index contributed by atoms with van der Waals surface area (Å²) in [6, 6.07) is 8.01. The van der Waals surface area contributed by atoms with Gasteiger partial charge >= 0.3 is 0 Å². The Morgan fingerprint density at radius 1 is 1.45 bits per heavy atom. The summed E-state index contributed by atoms with van der Waals surface area (Å²) in [5, 5.41) is 1.07. The van der Waals surface area contributed by atoms with Crippen LogP contribution in [0, 0.1) is 0 Å². The molecule has 2 atom stereocenters. The number of H-pyrrole nitrogens is 1. The fourth-order valence-corrected chi connectivity index (χ4v) is 2.85. The number of carbonyl (C=O) groups excluding carboxylic acids is 1. The minimum absolute atomic E-state index is 0.0973. The molecule has 106 valence electrons. The minimum Gasteiger partial charge on any atom is -0.375 e. The molecular formula is C16H20N2O2. The van der Waals surface area contributed by atoms with Crippen molar-refractivity contribution in [1.29, 1.82) is 0 Å². The number of hydrogen-bond acceptors (Lipinski definition) is 2. The molecule has 1 aromatic heterocycles. The van der Waals surface area contributed by atoms with E-state index in [1.165, 1.54) is 0 Å². The fraction of sp³-hybridized carbons (Fsp3) is 0.438. The summed E-state index contributed by atoms with van der Waals surface area (Å²) in [4.78, 5) is 18.0. The molecule has 0 saturated carbocycles. The monoisotopic (exact) mass is 272 g/mol. The highest BCUT2D eigenvalue weighted by Gasteiger charge is 2.30. The smallest absolute Gasteiger partial charge is 0.256 e. The van der Waals surface area contributed by atoms with Crippen molar-refractivity contribution in [3.63, 3.8) is 0 Å². The van der Waals surface area contributed by atoms with E-state index in [0.29, 0.717) is 13.2 Å². The Kier molecular flexibility index (Phi) is 3.49. The van der Waals surface area contributed by atoms with E-state index in [1.54, 1.807) is 0 Å². The largest absolute Gasteiger partial charge is 0.375 e. The minimum atomic E-state index is 0.0973. The predicted octanol–water partition coefficient (Wildman–Crippen LogP) is 2.81. The first-order valence-corrected chi connectivity index (χ1v) is 7.19. The number of rotatable bonds is 2. The second-order valence-electron chi connectivity index (χ2n) is 5.41. The number of benzene rings is 1. The molecule has 4 heteroatoms. The van der Waals surface area contributed by atoms with Crippen LogP contribution in [0.2, 0.25) is 0 Å². The lowest BCUT2D eigenvalue weighted by atomic mass is 10.1. The molecule has 2 aromatic rings. The van der Waals surface area contributed by atoms with Gasteiger partial charge in [0.2, 0.25) is 0 Å². The molecule has 3 rings (SSSR count). The number of aromatic amines is 1. The fourth-order valence-electron chi connectivity index (χ4n) is 2.85. The zero-order valence-corrected chi connectivity index (χ0v) is 11.9.